The largest absolute Gasteiger partial charge is 0.361 e. The molecule has 8 nitrogen and oxygen atoms in total. The van der Waals surface area contributed by atoms with Gasteiger partial charge in [-0.05, 0) is 24.6 Å². The van der Waals surface area contributed by atoms with Gasteiger partial charge in [0, 0.05) is 61.0 Å². The van der Waals surface area contributed by atoms with Gasteiger partial charge in [-0.25, -0.2) is 9.37 Å². The Labute approximate surface area is 195 Å². The van der Waals surface area contributed by atoms with Gasteiger partial charge >= 0.3 is 0 Å². The predicted octanol–water partition coefficient (Wildman–Crippen LogP) is 3.83. The van der Waals surface area contributed by atoms with Crippen LogP contribution < -0.4 is 5.32 Å². The molecule has 0 spiro atoms. The summed E-state index contributed by atoms with van der Waals surface area (Å²) in [6.45, 7) is 1.90. The molecule has 0 radical (unpaired) electrons. The quantitative estimate of drug-likeness (QED) is 0.404. The van der Waals surface area contributed by atoms with Crippen molar-refractivity contribution in [2.75, 3.05) is 19.4 Å². The monoisotopic (exact) mass is 457 g/mol. The number of benzene rings is 1. The first-order chi connectivity index (χ1) is 16.4. The fourth-order valence-electron chi connectivity index (χ4n) is 4.09. The Kier molecular flexibility index (Phi) is 5.45. The van der Waals surface area contributed by atoms with Crippen molar-refractivity contribution in [3.05, 3.63) is 78.1 Å². The van der Waals surface area contributed by atoms with E-state index in [0.717, 1.165) is 28.2 Å². The summed E-state index contributed by atoms with van der Waals surface area (Å²) in [4.78, 5) is 26.7. The van der Waals surface area contributed by atoms with Crippen LogP contribution in [-0.4, -0.2) is 55.5 Å². The molecule has 2 N–H and O–H groups in total. The molecule has 4 heterocycles. The lowest BCUT2D eigenvalue weighted by Crippen LogP contribution is -2.40. The normalized spacial score (nSPS) is 12.2. The Morgan fingerprint density at radius 2 is 2.03 bits per heavy atom. The molecule has 9 heteroatoms. The molecule has 1 amide bonds. The summed E-state index contributed by atoms with van der Waals surface area (Å²) in [5.41, 5.74) is 4.60. The van der Waals surface area contributed by atoms with Crippen LogP contribution in [0.4, 0.5) is 10.2 Å². The molecule has 0 aliphatic carbocycles. The van der Waals surface area contributed by atoms with Crippen molar-refractivity contribution in [3.8, 4) is 11.3 Å². The molecule has 5 rings (SSSR count). The fraction of sp³-hybridized carbons (Fsp3) is 0.200. The molecule has 1 unspecified atom stereocenters. The Bertz CT molecular complexity index is 1500. The van der Waals surface area contributed by atoms with E-state index in [-0.39, 0.29) is 5.91 Å². The number of aryl methyl sites for hydroxylation is 1. The number of likely N-dealkylation sites (N-methyl/N-ethyl adjacent to an activating group) is 1. The first kappa shape index (κ1) is 21.6. The Morgan fingerprint density at radius 3 is 2.82 bits per heavy atom. The van der Waals surface area contributed by atoms with Crippen LogP contribution in [-0.2, 0) is 11.2 Å². The van der Waals surface area contributed by atoms with Crippen molar-refractivity contribution in [2.45, 2.75) is 19.4 Å². The van der Waals surface area contributed by atoms with E-state index in [1.807, 2.05) is 37.4 Å². The minimum atomic E-state index is -0.567. The number of H-pyrrole nitrogens is 1. The minimum absolute atomic E-state index is 0.0758. The molecule has 0 aliphatic heterocycles. The van der Waals surface area contributed by atoms with Gasteiger partial charge in [0.25, 0.3) is 0 Å². The van der Waals surface area contributed by atoms with Crippen LogP contribution in [0.1, 0.15) is 11.1 Å². The van der Waals surface area contributed by atoms with E-state index in [0.29, 0.717) is 29.1 Å². The van der Waals surface area contributed by atoms with Gasteiger partial charge in [-0.3, -0.25) is 9.78 Å². The van der Waals surface area contributed by atoms with E-state index >= 15 is 0 Å². The van der Waals surface area contributed by atoms with Crippen molar-refractivity contribution in [1.29, 1.82) is 0 Å². The summed E-state index contributed by atoms with van der Waals surface area (Å²) in [5, 5.41) is 8.90. The van der Waals surface area contributed by atoms with Gasteiger partial charge in [-0.1, -0.05) is 18.2 Å². The Hall–Kier alpha value is -4.27. The van der Waals surface area contributed by atoms with Crippen molar-refractivity contribution in [3.63, 3.8) is 0 Å². The van der Waals surface area contributed by atoms with E-state index < -0.39 is 11.9 Å². The van der Waals surface area contributed by atoms with Gasteiger partial charge < -0.3 is 15.2 Å². The highest BCUT2D eigenvalue weighted by Crippen LogP contribution is 2.26. The van der Waals surface area contributed by atoms with E-state index in [1.165, 1.54) is 6.07 Å². The molecular formula is C25H24FN7O. The minimum Gasteiger partial charge on any atom is -0.361 e. The number of halogens is 1. The maximum Gasteiger partial charge on any atom is 0.244 e. The van der Waals surface area contributed by atoms with Gasteiger partial charge in [0.2, 0.25) is 5.91 Å². The number of hydrogen-bond donors (Lipinski definition) is 2. The second-order valence-electron chi connectivity index (χ2n) is 8.47. The summed E-state index contributed by atoms with van der Waals surface area (Å²) in [5.74, 6) is 0.0596. The number of carbonyl (C=O) groups is 1. The van der Waals surface area contributed by atoms with Crippen molar-refractivity contribution >= 4 is 28.3 Å². The molecule has 4 aromatic heterocycles. The van der Waals surface area contributed by atoms with Gasteiger partial charge in [-0.2, -0.15) is 9.61 Å². The van der Waals surface area contributed by atoms with Crippen molar-refractivity contribution in [1.82, 2.24) is 29.5 Å². The third kappa shape index (κ3) is 3.96. The van der Waals surface area contributed by atoms with Gasteiger partial charge in [0.05, 0.1) is 18.1 Å². The number of hydrogen-bond acceptors (Lipinski definition) is 5. The van der Waals surface area contributed by atoms with Crippen LogP contribution in [0, 0.1) is 12.7 Å². The zero-order valence-electron chi connectivity index (χ0n) is 19.1. The zero-order chi connectivity index (χ0) is 23.8. The number of carbonyl (C=O) groups excluding carboxylic acids is 1. The lowest BCUT2D eigenvalue weighted by Gasteiger charge is -2.23. The topological polar surface area (TPSA) is 91.2 Å². The number of anilines is 1. The summed E-state index contributed by atoms with van der Waals surface area (Å²) < 4.78 is 15.5. The van der Waals surface area contributed by atoms with Gasteiger partial charge in [-0.15, -0.1) is 0 Å². The molecule has 0 fully saturated rings. The smallest absolute Gasteiger partial charge is 0.244 e. The molecular weight excluding hydrogens is 433 g/mol. The molecule has 5 aromatic rings. The first-order valence-electron chi connectivity index (χ1n) is 10.9. The summed E-state index contributed by atoms with van der Waals surface area (Å²) in [7, 11) is 3.46. The van der Waals surface area contributed by atoms with Crippen LogP contribution in [0.3, 0.4) is 0 Å². The van der Waals surface area contributed by atoms with E-state index in [2.05, 4.69) is 25.4 Å². The highest BCUT2D eigenvalue weighted by atomic mass is 19.1. The lowest BCUT2D eigenvalue weighted by atomic mass is 10.0. The van der Waals surface area contributed by atoms with Crippen LogP contribution in [0.5, 0.6) is 0 Å². The van der Waals surface area contributed by atoms with Crippen LogP contribution in [0.25, 0.3) is 27.8 Å². The summed E-state index contributed by atoms with van der Waals surface area (Å²) >= 11 is 0. The molecule has 0 saturated carbocycles. The van der Waals surface area contributed by atoms with Crippen LogP contribution >= 0.6 is 0 Å². The van der Waals surface area contributed by atoms with Crippen molar-refractivity contribution < 1.29 is 9.18 Å². The average molecular weight is 458 g/mol. The highest BCUT2D eigenvalue weighted by Gasteiger charge is 2.24. The number of rotatable bonds is 6. The molecule has 34 heavy (non-hydrogen) atoms. The van der Waals surface area contributed by atoms with Crippen molar-refractivity contribution in [2.24, 2.45) is 0 Å². The van der Waals surface area contributed by atoms with Crippen LogP contribution in [0.2, 0.25) is 0 Å². The van der Waals surface area contributed by atoms with Gasteiger partial charge in [0.15, 0.2) is 5.65 Å². The molecule has 1 aromatic carbocycles. The highest BCUT2D eigenvalue weighted by molar-refractivity contribution is 5.87. The summed E-state index contributed by atoms with van der Waals surface area (Å²) in [6, 6.07) is 10.6. The van der Waals surface area contributed by atoms with Crippen LogP contribution in [0.15, 0.2) is 61.2 Å². The predicted molar refractivity (Wildman–Crippen MR) is 129 cm³/mol. The second kappa shape index (κ2) is 8.58. The van der Waals surface area contributed by atoms with E-state index in [1.54, 1.807) is 42.0 Å². The third-order valence-electron chi connectivity index (χ3n) is 5.81. The van der Waals surface area contributed by atoms with E-state index in [9.17, 15) is 9.18 Å². The Balaban J connectivity index is 1.58. The zero-order valence-corrected chi connectivity index (χ0v) is 19.1. The van der Waals surface area contributed by atoms with E-state index in [4.69, 9.17) is 0 Å². The third-order valence-corrected chi connectivity index (χ3v) is 5.81. The number of aromatic amines is 1. The number of para-hydroxylation sites is 1. The first-order valence-corrected chi connectivity index (χ1v) is 10.9. The standard InChI is InChI=1S/C25H24FN7O/c1-15-11-29-33-23(10-21(31-24(15)33)17-8-18(26)14-27-12-17)30-22(25(34)32(2)3)9-16-13-28-20-7-5-4-6-19(16)20/h4-8,10-14,22,28,30H,9H2,1-3H3. The number of fused-ring (bicyclic) bond motifs is 2. The maximum atomic E-state index is 13.9. The maximum absolute atomic E-state index is 13.9. The molecule has 172 valence electrons. The number of aromatic nitrogens is 5. The Morgan fingerprint density at radius 1 is 1.21 bits per heavy atom. The molecule has 0 saturated heterocycles. The second-order valence-corrected chi connectivity index (χ2v) is 8.47. The SMILES string of the molecule is Cc1cnn2c(NC(Cc3c[nH]c4ccccc34)C(=O)N(C)C)cc(-c3cncc(F)c3)nc12. The number of amides is 1. The molecule has 0 bridgehead atoms. The van der Waals surface area contributed by atoms with Gasteiger partial charge in [0.1, 0.15) is 17.7 Å². The lowest BCUT2D eigenvalue weighted by molar-refractivity contribution is -0.129. The summed E-state index contributed by atoms with van der Waals surface area (Å²) in [6.07, 6.45) is 6.82. The number of nitrogens with one attached hydrogen (secondary N) is 2. The average Bonchev–Trinajstić information content (AvgIpc) is 3.41. The fourth-order valence-corrected chi connectivity index (χ4v) is 4.09. The molecule has 1 atom stereocenters. The number of pyridine rings is 1. The molecule has 0 aliphatic rings. The number of nitrogens with zero attached hydrogens (tertiary/aromatic N) is 5.